The van der Waals surface area contributed by atoms with Gasteiger partial charge in [0.15, 0.2) is 6.20 Å². The molecule has 0 aliphatic carbocycles. The van der Waals surface area contributed by atoms with Gasteiger partial charge in [0.25, 0.3) is 0 Å². The zero-order chi connectivity index (χ0) is 25.1. The van der Waals surface area contributed by atoms with E-state index in [-0.39, 0.29) is 0 Å². The van der Waals surface area contributed by atoms with Crippen molar-refractivity contribution in [2.45, 2.75) is 6.92 Å². The van der Waals surface area contributed by atoms with Gasteiger partial charge in [-0.2, -0.15) is 0 Å². The molecule has 0 bridgehead atoms. The summed E-state index contributed by atoms with van der Waals surface area (Å²) in [5.74, 6) is 0. The number of nitrogens with zero attached hydrogens (tertiary/aromatic N) is 3. The van der Waals surface area contributed by atoms with Gasteiger partial charge in [0, 0.05) is 23.1 Å². The van der Waals surface area contributed by atoms with E-state index in [2.05, 4.69) is 77.0 Å². The smallest absolute Gasteiger partial charge is 0.217 e. The molecule has 4 heteroatoms. The molecule has 0 N–H and O–H groups in total. The van der Waals surface area contributed by atoms with Crippen molar-refractivity contribution in [3.05, 3.63) is 114 Å². The minimum Gasteiger partial charge on any atom is -0.438 e. The molecule has 4 aromatic carbocycles. The molecule has 0 atom stereocenters. The van der Waals surface area contributed by atoms with Crippen LogP contribution in [0.25, 0.3) is 71.0 Å². The number of rotatable bonds is 2. The highest BCUT2D eigenvalue weighted by Crippen LogP contribution is 2.43. The van der Waals surface area contributed by atoms with E-state index in [4.69, 9.17) is 16.0 Å². The summed E-state index contributed by atoms with van der Waals surface area (Å²) in [5, 5.41) is 6.29. The SMILES string of the molecule is [C-]#[N+]c1cc(-c2cc3ccccc3c3ccccc23)nc2oc3c(-c4cccc[n+]4C)c(C)ccc3c12. The van der Waals surface area contributed by atoms with Gasteiger partial charge in [-0.25, -0.2) is 14.4 Å². The fraction of sp³-hybridized carbons (Fsp3) is 0.0606. The molecule has 174 valence electrons. The zero-order valence-corrected chi connectivity index (χ0v) is 20.5. The number of aryl methyl sites for hydroxylation is 2. The number of fused-ring (bicyclic) bond motifs is 6. The van der Waals surface area contributed by atoms with Gasteiger partial charge >= 0.3 is 0 Å². The van der Waals surface area contributed by atoms with Crippen molar-refractivity contribution in [3.63, 3.8) is 0 Å². The number of benzene rings is 4. The zero-order valence-electron chi connectivity index (χ0n) is 20.5. The molecule has 0 aliphatic rings. The topological polar surface area (TPSA) is 34.3 Å². The minimum atomic E-state index is 0.487. The van der Waals surface area contributed by atoms with Crippen LogP contribution in [0.5, 0.6) is 0 Å². The van der Waals surface area contributed by atoms with E-state index in [1.54, 1.807) is 0 Å². The summed E-state index contributed by atoms with van der Waals surface area (Å²) in [5.41, 5.74) is 6.70. The maximum atomic E-state index is 8.04. The first kappa shape index (κ1) is 21.3. The second-order valence-electron chi connectivity index (χ2n) is 9.44. The first-order valence-corrected chi connectivity index (χ1v) is 12.2. The Labute approximate surface area is 213 Å². The minimum absolute atomic E-state index is 0.487. The van der Waals surface area contributed by atoms with E-state index in [1.807, 2.05) is 43.6 Å². The summed E-state index contributed by atoms with van der Waals surface area (Å²) >= 11 is 0. The van der Waals surface area contributed by atoms with E-state index in [1.165, 1.54) is 10.8 Å². The van der Waals surface area contributed by atoms with Gasteiger partial charge in [-0.1, -0.05) is 60.7 Å². The molecule has 3 aromatic heterocycles. The van der Waals surface area contributed by atoms with Gasteiger partial charge in [-0.05, 0) is 52.2 Å². The Kier molecular flexibility index (Phi) is 4.61. The van der Waals surface area contributed by atoms with E-state index in [9.17, 15) is 0 Å². The van der Waals surface area contributed by atoms with Crippen LogP contribution in [0.4, 0.5) is 5.69 Å². The van der Waals surface area contributed by atoms with Crippen LogP contribution in [-0.2, 0) is 7.05 Å². The average Bonchev–Trinajstić information content (AvgIpc) is 3.31. The summed E-state index contributed by atoms with van der Waals surface area (Å²) in [6.07, 6.45) is 2.03. The Morgan fingerprint density at radius 2 is 1.57 bits per heavy atom. The fourth-order valence-corrected chi connectivity index (χ4v) is 5.51. The lowest BCUT2D eigenvalue weighted by Crippen LogP contribution is -2.30. The first-order valence-electron chi connectivity index (χ1n) is 12.2. The van der Waals surface area contributed by atoms with Gasteiger partial charge in [-0.15, -0.1) is 0 Å². The first-order chi connectivity index (χ1) is 18.1. The predicted molar refractivity (Wildman–Crippen MR) is 150 cm³/mol. The second kappa shape index (κ2) is 8.01. The van der Waals surface area contributed by atoms with Crippen molar-refractivity contribution in [1.29, 1.82) is 0 Å². The van der Waals surface area contributed by atoms with Gasteiger partial charge in [0.05, 0.1) is 23.2 Å². The third-order valence-electron chi connectivity index (χ3n) is 7.27. The Hall–Kier alpha value is -5.01. The summed E-state index contributed by atoms with van der Waals surface area (Å²) in [7, 11) is 2.03. The lowest BCUT2D eigenvalue weighted by atomic mass is 9.95. The standard InChI is InChI=1S/C33H22N3O/c1-20-15-16-25-31-28(34-2)19-27(35-33(31)37-32(25)30(20)29-14-8-9-17-36(29)3)26-18-21-10-4-5-11-22(21)23-12-6-7-13-24(23)26/h4-19H,1,3H3/q+1. The normalized spacial score (nSPS) is 11.5. The molecular formula is C33H22N3O+. The highest BCUT2D eigenvalue weighted by atomic mass is 16.3. The molecule has 0 fully saturated rings. The molecule has 7 aromatic rings. The van der Waals surface area contributed by atoms with E-state index >= 15 is 0 Å². The van der Waals surface area contributed by atoms with Crippen molar-refractivity contribution in [2.75, 3.05) is 0 Å². The predicted octanol–water partition coefficient (Wildman–Crippen LogP) is 8.31. The molecule has 3 heterocycles. The van der Waals surface area contributed by atoms with Crippen LogP contribution in [-0.4, -0.2) is 4.98 Å². The van der Waals surface area contributed by atoms with E-state index in [0.717, 1.165) is 55.2 Å². The Bertz CT molecular complexity index is 2080. The average molecular weight is 477 g/mol. The number of furan rings is 1. The van der Waals surface area contributed by atoms with Crippen molar-refractivity contribution >= 4 is 49.3 Å². The number of aromatic nitrogens is 2. The van der Waals surface area contributed by atoms with Gasteiger partial charge in [-0.3, -0.25) is 0 Å². The van der Waals surface area contributed by atoms with Crippen LogP contribution >= 0.6 is 0 Å². The van der Waals surface area contributed by atoms with Crippen molar-refractivity contribution in [2.24, 2.45) is 7.05 Å². The number of hydrogen-bond acceptors (Lipinski definition) is 2. The van der Waals surface area contributed by atoms with Crippen LogP contribution < -0.4 is 4.57 Å². The van der Waals surface area contributed by atoms with Crippen LogP contribution in [0.15, 0.2) is 102 Å². The largest absolute Gasteiger partial charge is 0.438 e. The maximum absolute atomic E-state index is 8.04. The molecule has 0 aliphatic heterocycles. The monoisotopic (exact) mass is 476 g/mol. The lowest BCUT2D eigenvalue weighted by molar-refractivity contribution is -0.660. The molecule has 0 amide bonds. The highest BCUT2D eigenvalue weighted by molar-refractivity contribution is 6.17. The Balaban J connectivity index is 1.57. The molecule has 0 saturated heterocycles. The van der Waals surface area contributed by atoms with E-state index < -0.39 is 0 Å². The Morgan fingerprint density at radius 1 is 0.811 bits per heavy atom. The molecule has 0 spiro atoms. The highest BCUT2D eigenvalue weighted by Gasteiger charge is 2.23. The summed E-state index contributed by atoms with van der Waals surface area (Å²) in [6.45, 7) is 10.1. The number of hydrogen-bond donors (Lipinski definition) is 0. The van der Waals surface area contributed by atoms with Crippen molar-refractivity contribution in [3.8, 4) is 22.5 Å². The van der Waals surface area contributed by atoms with Crippen molar-refractivity contribution in [1.82, 2.24) is 4.98 Å². The van der Waals surface area contributed by atoms with Crippen LogP contribution in [0, 0.1) is 13.5 Å². The fourth-order valence-electron chi connectivity index (χ4n) is 5.51. The molecule has 0 saturated carbocycles. The quantitative estimate of drug-likeness (QED) is 0.143. The molecule has 0 radical (unpaired) electrons. The third kappa shape index (κ3) is 3.15. The third-order valence-corrected chi connectivity index (χ3v) is 7.27. The molecule has 37 heavy (non-hydrogen) atoms. The molecule has 7 rings (SSSR count). The second-order valence-corrected chi connectivity index (χ2v) is 9.44. The van der Waals surface area contributed by atoms with Crippen molar-refractivity contribution < 1.29 is 8.98 Å². The molecular weight excluding hydrogens is 454 g/mol. The van der Waals surface area contributed by atoms with Gasteiger partial charge < -0.3 is 4.42 Å². The lowest BCUT2D eigenvalue weighted by Gasteiger charge is -2.11. The van der Waals surface area contributed by atoms with Crippen LogP contribution in [0.1, 0.15) is 5.56 Å². The number of pyridine rings is 2. The summed E-state index contributed by atoms with van der Waals surface area (Å²) in [6, 6.07) is 31.1. The molecule has 4 nitrogen and oxygen atoms in total. The Morgan fingerprint density at radius 3 is 2.38 bits per heavy atom. The summed E-state index contributed by atoms with van der Waals surface area (Å²) < 4.78 is 8.60. The summed E-state index contributed by atoms with van der Waals surface area (Å²) in [4.78, 5) is 8.96. The van der Waals surface area contributed by atoms with Crippen LogP contribution in [0.3, 0.4) is 0 Å². The van der Waals surface area contributed by atoms with Crippen LogP contribution in [0.2, 0.25) is 0 Å². The van der Waals surface area contributed by atoms with Gasteiger partial charge in [0.1, 0.15) is 12.6 Å². The maximum Gasteiger partial charge on any atom is 0.217 e. The van der Waals surface area contributed by atoms with Gasteiger partial charge in [0.2, 0.25) is 17.1 Å². The van der Waals surface area contributed by atoms with E-state index in [0.29, 0.717) is 11.4 Å². The molecule has 0 unspecified atom stereocenters.